The van der Waals surface area contributed by atoms with Crippen LogP contribution in [0.2, 0.25) is 0 Å². The van der Waals surface area contributed by atoms with Crippen LogP contribution in [0.5, 0.6) is 0 Å². The van der Waals surface area contributed by atoms with E-state index in [1.165, 1.54) is 0 Å². The van der Waals surface area contributed by atoms with Gasteiger partial charge in [-0.05, 0) is 31.0 Å². The summed E-state index contributed by atoms with van der Waals surface area (Å²) in [6.07, 6.45) is 0.409. The van der Waals surface area contributed by atoms with E-state index in [9.17, 15) is 4.79 Å². The van der Waals surface area contributed by atoms with Crippen LogP contribution in [0.25, 0.3) is 0 Å². The fourth-order valence-corrected chi connectivity index (χ4v) is 2.00. The molecule has 0 fully saturated rings. The molecular formula is C12H11NO. The molecular weight excluding hydrogens is 174 g/mol. The summed E-state index contributed by atoms with van der Waals surface area (Å²) >= 11 is 0. The molecule has 0 radical (unpaired) electrons. The van der Waals surface area contributed by atoms with E-state index in [0.717, 1.165) is 11.1 Å². The SMILES string of the molecule is CC1(C)C(=O)Cc2c(C#N)cccc21. The number of hydrogen-bond donors (Lipinski definition) is 0. The topological polar surface area (TPSA) is 40.9 Å². The number of hydrogen-bond acceptors (Lipinski definition) is 2. The van der Waals surface area contributed by atoms with Crippen LogP contribution in [0.15, 0.2) is 18.2 Å². The minimum absolute atomic E-state index is 0.204. The number of ketones is 1. The number of carbonyl (C=O) groups is 1. The van der Waals surface area contributed by atoms with Crippen molar-refractivity contribution in [2.45, 2.75) is 25.7 Å². The largest absolute Gasteiger partial charge is 0.298 e. The van der Waals surface area contributed by atoms with Crippen molar-refractivity contribution < 1.29 is 4.79 Å². The van der Waals surface area contributed by atoms with Crippen molar-refractivity contribution in [2.24, 2.45) is 0 Å². The predicted octanol–water partition coefficient (Wildman–Crippen LogP) is 1.96. The molecule has 2 nitrogen and oxygen atoms in total. The van der Waals surface area contributed by atoms with Crippen molar-refractivity contribution in [1.29, 1.82) is 5.26 Å². The molecule has 1 aromatic rings. The van der Waals surface area contributed by atoms with E-state index in [1.54, 1.807) is 6.07 Å². The molecule has 0 unspecified atom stereocenters. The predicted molar refractivity (Wildman–Crippen MR) is 52.9 cm³/mol. The minimum atomic E-state index is -0.414. The van der Waals surface area contributed by atoms with Gasteiger partial charge in [-0.1, -0.05) is 12.1 Å². The monoisotopic (exact) mass is 185 g/mol. The number of rotatable bonds is 0. The molecule has 0 amide bonds. The summed E-state index contributed by atoms with van der Waals surface area (Å²) < 4.78 is 0. The molecule has 0 bridgehead atoms. The van der Waals surface area contributed by atoms with Gasteiger partial charge in [0.25, 0.3) is 0 Å². The van der Waals surface area contributed by atoms with E-state index in [4.69, 9.17) is 5.26 Å². The quantitative estimate of drug-likeness (QED) is 0.620. The number of nitriles is 1. The summed E-state index contributed by atoms with van der Waals surface area (Å²) in [7, 11) is 0. The smallest absolute Gasteiger partial charge is 0.147 e. The van der Waals surface area contributed by atoms with Gasteiger partial charge in [-0.25, -0.2) is 0 Å². The average molecular weight is 185 g/mol. The number of Topliss-reactive ketones (excluding diaryl/α,β-unsaturated/α-hetero) is 1. The molecule has 0 saturated heterocycles. The van der Waals surface area contributed by atoms with Crippen molar-refractivity contribution in [3.8, 4) is 6.07 Å². The second-order valence-electron chi connectivity index (χ2n) is 4.17. The highest BCUT2D eigenvalue weighted by Gasteiger charge is 2.38. The van der Waals surface area contributed by atoms with Crippen molar-refractivity contribution in [2.75, 3.05) is 0 Å². The van der Waals surface area contributed by atoms with Crippen molar-refractivity contribution in [3.05, 3.63) is 34.9 Å². The van der Waals surface area contributed by atoms with Crippen LogP contribution in [0.1, 0.15) is 30.5 Å². The Labute approximate surface area is 83.2 Å². The third-order valence-electron chi connectivity index (χ3n) is 3.00. The van der Waals surface area contributed by atoms with E-state index in [0.29, 0.717) is 12.0 Å². The Morgan fingerprint density at radius 3 is 2.79 bits per heavy atom. The molecule has 0 atom stereocenters. The van der Waals surface area contributed by atoms with Gasteiger partial charge in [0.1, 0.15) is 5.78 Å². The van der Waals surface area contributed by atoms with Gasteiger partial charge < -0.3 is 0 Å². The summed E-state index contributed by atoms with van der Waals surface area (Å²) in [5.74, 6) is 0.204. The zero-order valence-corrected chi connectivity index (χ0v) is 8.29. The lowest BCUT2D eigenvalue weighted by Gasteiger charge is -2.16. The Kier molecular flexibility index (Phi) is 1.72. The van der Waals surface area contributed by atoms with Crippen LogP contribution in [-0.4, -0.2) is 5.78 Å². The summed E-state index contributed by atoms with van der Waals surface area (Å²) in [5.41, 5.74) is 2.16. The van der Waals surface area contributed by atoms with Crippen LogP contribution >= 0.6 is 0 Å². The maximum Gasteiger partial charge on any atom is 0.147 e. The Morgan fingerprint density at radius 2 is 2.14 bits per heavy atom. The van der Waals surface area contributed by atoms with Gasteiger partial charge in [0.05, 0.1) is 11.6 Å². The summed E-state index contributed by atoms with van der Waals surface area (Å²) in [5, 5.41) is 8.90. The van der Waals surface area contributed by atoms with E-state index in [2.05, 4.69) is 6.07 Å². The standard InChI is InChI=1S/C12H11NO/c1-12(2)10-5-3-4-8(7-13)9(10)6-11(12)14/h3-5H,6H2,1-2H3. The van der Waals surface area contributed by atoms with Crippen LogP contribution in [0.3, 0.4) is 0 Å². The zero-order chi connectivity index (χ0) is 10.3. The first-order chi connectivity index (χ1) is 6.57. The molecule has 0 spiro atoms. The summed E-state index contributed by atoms with van der Waals surface area (Å²) in [4.78, 5) is 11.7. The molecule has 0 N–H and O–H groups in total. The minimum Gasteiger partial charge on any atom is -0.298 e. The summed E-state index contributed by atoms with van der Waals surface area (Å²) in [6.45, 7) is 3.84. The first-order valence-corrected chi connectivity index (χ1v) is 4.63. The molecule has 2 heteroatoms. The number of nitrogens with zero attached hydrogens (tertiary/aromatic N) is 1. The van der Waals surface area contributed by atoms with Crippen LogP contribution in [-0.2, 0) is 16.6 Å². The van der Waals surface area contributed by atoms with Gasteiger partial charge in [-0.15, -0.1) is 0 Å². The third kappa shape index (κ3) is 0.990. The summed E-state index contributed by atoms with van der Waals surface area (Å²) in [6, 6.07) is 7.70. The molecule has 0 aliphatic heterocycles. The second-order valence-corrected chi connectivity index (χ2v) is 4.17. The maximum atomic E-state index is 11.7. The molecule has 0 aromatic heterocycles. The van der Waals surface area contributed by atoms with E-state index >= 15 is 0 Å². The molecule has 1 aliphatic rings. The number of fused-ring (bicyclic) bond motifs is 1. The highest BCUT2D eigenvalue weighted by atomic mass is 16.1. The lowest BCUT2D eigenvalue weighted by Crippen LogP contribution is -2.23. The lowest BCUT2D eigenvalue weighted by atomic mass is 9.85. The molecule has 0 saturated carbocycles. The van der Waals surface area contributed by atoms with Gasteiger partial charge in [-0.2, -0.15) is 5.26 Å². The average Bonchev–Trinajstić information content (AvgIpc) is 2.39. The zero-order valence-electron chi connectivity index (χ0n) is 8.29. The van der Waals surface area contributed by atoms with Crippen molar-refractivity contribution >= 4 is 5.78 Å². The maximum absolute atomic E-state index is 11.7. The van der Waals surface area contributed by atoms with Crippen LogP contribution in [0, 0.1) is 11.3 Å². The lowest BCUT2D eigenvalue weighted by molar-refractivity contribution is -0.121. The van der Waals surface area contributed by atoms with Gasteiger partial charge in [0, 0.05) is 11.8 Å². The van der Waals surface area contributed by atoms with Crippen LogP contribution < -0.4 is 0 Å². The fourth-order valence-electron chi connectivity index (χ4n) is 2.00. The first kappa shape index (κ1) is 8.96. The van der Waals surface area contributed by atoms with E-state index in [-0.39, 0.29) is 5.78 Å². The van der Waals surface area contributed by atoms with E-state index < -0.39 is 5.41 Å². The Balaban J connectivity index is 2.71. The highest BCUT2D eigenvalue weighted by molar-refractivity contribution is 5.96. The normalized spacial score (nSPS) is 17.6. The molecule has 0 heterocycles. The first-order valence-electron chi connectivity index (χ1n) is 4.63. The van der Waals surface area contributed by atoms with Crippen LogP contribution in [0.4, 0.5) is 0 Å². The van der Waals surface area contributed by atoms with Gasteiger partial charge >= 0.3 is 0 Å². The Morgan fingerprint density at radius 1 is 1.43 bits per heavy atom. The number of carbonyl (C=O) groups excluding carboxylic acids is 1. The number of benzene rings is 1. The van der Waals surface area contributed by atoms with Gasteiger partial charge in [0.2, 0.25) is 0 Å². The Hall–Kier alpha value is -1.62. The Bertz CT molecular complexity index is 452. The fraction of sp³-hybridized carbons (Fsp3) is 0.333. The molecule has 2 rings (SSSR count). The molecule has 14 heavy (non-hydrogen) atoms. The third-order valence-corrected chi connectivity index (χ3v) is 3.00. The van der Waals surface area contributed by atoms with Gasteiger partial charge in [0.15, 0.2) is 0 Å². The molecule has 70 valence electrons. The van der Waals surface area contributed by atoms with E-state index in [1.807, 2.05) is 26.0 Å². The highest BCUT2D eigenvalue weighted by Crippen LogP contribution is 2.36. The molecule has 1 aliphatic carbocycles. The van der Waals surface area contributed by atoms with Crippen molar-refractivity contribution in [3.63, 3.8) is 0 Å². The van der Waals surface area contributed by atoms with Crippen molar-refractivity contribution in [1.82, 2.24) is 0 Å². The molecule has 1 aromatic carbocycles. The van der Waals surface area contributed by atoms with Gasteiger partial charge in [-0.3, -0.25) is 4.79 Å². The second kappa shape index (κ2) is 2.68.